The fourth-order valence-corrected chi connectivity index (χ4v) is 5.46. The minimum Gasteiger partial charge on any atom is -0.482 e. The topological polar surface area (TPSA) is 118 Å². The highest BCUT2D eigenvalue weighted by molar-refractivity contribution is 7.89. The van der Waals surface area contributed by atoms with Crippen molar-refractivity contribution in [2.45, 2.75) is 11.4 Å². The number of ether oxygens (including phenoxy) is 2. The quantitative estimate of drug-likeness (QED) is 0.655. The van der Waals surface area contributed by atoms with Gasteiger partial charge in [0, 0.05) is 44.4 Å². The molecule has 10 nitrogen and oxygen atoms in total. The van der Waals surface area contributed by atoms with Crippen molar-refractivity contribution < 1.29 is 31.9 Å². The molecule has 0 bridgehead atoms. The molecular weight excluding hydrogens is 450 g/mol. The summed E-state index contributed by atoms with van der Waals surface area (Å²) < 4.78 is 42.9. The SMILES string of the molecule is COC(=O)c1occc1CN1CCN(S(=O)(=O)c2cc3c(cc2Cl)NC(=O)CO3)CC1. The third-order valence-corrected chi connectivity index (χ3v) is 7.49. The second-order valence-electron chi connectivity index (χ2n) is 7.06. The maximum Gasteiger partial charge on any atom is 0.374 e. The van der Waals surface area contributed by atoms with Crippen LogP contribution in [0.2, 0.25) is 5.02 Å². The molecule has 0 radical (unpaired) electrons. The Kier molecular flexibility index (Phi) is 5.93. The van der Waals surface area contributed by atoms with Gasteiger partial charge in [-0.05, 0) is 12.1 Å². The molecule has 1 aromatic heterocycles. The van der Waals surface area contributed by atoms with E-state index in [-0.39, 0.29) is 47.0 Å². The van der Waals surface area contributed by atoms with E-state index in [1.807, 2.05) is 4.90 Å². The standard InChI is InChI=1S/C19H20ClN3O7S/c1-28-19(25)18-12(2-7-29-18)10-22-3-5-23(6-4-22)31(26,27)16-9-15-14(8-13(16)20)21-17(24)11-30-15/h2,7-9H,3-6,10-11H2,1H3,(H,21,24). The molecule has 0 unspecified atom stereocenters. The Balaban J connectivity index is 1.46. The minimum atomic E-state index is -3.86. The summed E-state index contributed by atoms with van der Waals surface area (Å²) in [5.74, 6) is -0.480. The first-order valence-electron chi connectivity index (χ1n) is 9.43. The van der Waals surface area contributed by atoms with Crippen LogP contribution in [0.15, 0.2) is 33.8 Å². The van der Waals surface area contributed by atoms with Gasteiger partial charge in [0.2, 0.25) is 15.8 Å². The summed E-state index contributed by atoms with van der Waals surface area (Å²) in [5.41, 5.74) is 1.02. The number of fused-ring (bicyclic) bond motifs is 1. The van der Waals surface area contributed by atoms with Crippen LogP contribution in [0.25, 0.3) is 0 Å². The van der Waals surface area contributed by atoms with E-state index in [0.29, 0.717) is 30.9 Å². The largest absolute Gasteiger partial charge is 0.482 e. The summed E-state index contributed by atoms with van der Waals surface area (Å²) in [5, 5.41) is 2.61. The van der Waals surface area contributed by atoms with Crippen molar-refractivity contribution in [1.82, 2.24) is 9.21 Å². The molecular formula is C19H20ClN3O7S. The van der Waals surface area contributed by atoms with Crippen molar-refractivity contribution in [1.29, 1.82) is 0 Å². The summed E-state index contributed by atoms with van der Waals surface area (Å²) in [6.07, 6.45) is 1.42. The number of sulfonamides is 1. The van der Waals surface area contributed by atoms with Gasteiger partial charge in [-0.2, -0.15) is 4.31 Å². The molecule has 0 spiro atoms. The highest BCUT2D eigenvalue weighted by Gasteiger charge is 2.32. The maximum atomic E-state index is 13.2. The number of rotatable bonds is 5. The molecule has 2 aromatic rings. The summed E-state index contributed by atoms with van der Waals surface area (Å²) in [6, 6.07) is 4.41. The van der Waals surface area contributed by atoms with Crippen molar-refractivity contribution in [2.75, 3.05) is 45.2 Å². The van der Waals surface area contributed by atoms with Crippen LogP contribution in [0.5, 0.6) is 5.75 Å². The Morgan fingerprint density at radius 3 is 2.71 bits per heavy atom. The van der Waals surface area contributed by atoms with Crippen LogP contribution in [0.1, 0.15) is 16.1 Å². The van der Waals surface area contributed by atoms with E-state index in [2.05, 4.69) is 5.32 Å². The number of hydrogen-bond acceptors (Lipinski definition) is 8. The van der Waals surface area contributed by atoms with Gasteiger partial charge >= 0.3 is 5.97 Å². The van der Waals surface area contributed by atoms with E-state index < -0.39 is 16.0 Å². The number of hydrogen-bond donors (Lipinski definition) is 1. The fraction of sp³-hybridized carbons (Fsp3) is 0.368. The van der Waals surface area contributed by atoms with Crippen molar-refractivity contribution in [3.05, 3.63) is 40.8 Å². The predicted octanol–water partition coefficient (Wildman–Crippen LogP) is 1.56. The van der Waals surface area contributed by atoms with Crippen LogP contribution in [-0.2, 0) is 26.1 Å². The van der Waals surface area contributed by atoms with E-state index in [0.717, 1.165) is 0 Å². The lowest BCUT2D eigenvalue weighted by Gasteiger charge is -2.34. The van der Waals surface area contributed by atoms with Gasteiger partial charge in [0.25, 0.3) is 5.91 Å². The van der Waals surface area contributed by atoms with Gasteiger partial charge in [-0.15, -0.1) is 0 Å². The van der Waals surface area contributed by atoms with Crippen molar-refractivity contribution in [3.63, 3.8) is 0 Å². The van der Waals surface area contributed by atoms with Gasteiger partial charge in [0.05, 0.1) is 24.1 Å². The number of esters is 1. The number of nitrogens with zero attached hydrogens (tertiary/aromatic N) is 2. The number of nitrogens with one attached hydrogen (secondary N) is 1. The number of furan rings is 1. The fourth-order valence-electron chi connectivity index (χ4n) is 3.52. The number of carbonyl (C=O) groups excluding carboxylic acids is 2. The minimum absolute atomic E-state index is 0.00750. The Morgan fingerprint density at radius 1 is 1.26 bits per heavy atom. The predicted molar refractivity (Wildman–Crippen MR) is 110 cm³/mol. The van der Waals surface area contributed by atoms with Gasteiger partial charge in [0.15, 0.2) is 6.61 Å². The Hall–Kier alpha value is -2.60. The van der Waals surface area contributed by atoms with Crippen LogP contribution in [0.4, 0.5) is 5.69 Å². The first-order valence-corrected chi connectivity index (χ1v) is 11.2. The monoisotopic (exact) mass is 469 g/mol. The van der Waals surface area contributed by atoms with Gasteiger partial charge in [-0.25, -0.2) is 13.2 Å². The number of amides is 1. The number of methoxy groups -OCH3 is 1. The van der Waals surface area contributed by atoms with Gasteiger partial charge < -0.3 is 19.2 Å². The van der Waals surface area contributed by atoms with E-state index >= 15 is 0 Å². The molecule has 12 heteroatoms. The molecule has 4 rings (SSSR count). The first kappa shape index (κ1) is 21.6. The lowest BCUT2D eigenvalue weighted by Crippen LogP contribution is -2.48. The normalized spacial score (nSPS) is 17.5. The van der Waals surface area contributed by atoms with E-state index in [9.17, 15) is 18.0 Å². The number of piperazine rings is 1. The third kappa shape index (κ3) is 4.26. The van der Waals surface area contributed by atoms with Crippen molar-refractivity contribution in [3.8, 4) is 5.75 Å². The molecule has 0 saturated carbocycles. The first-order chi connectivity index (χ1) is 14.8. The maximum absolute atomic E-state index is 13.2. The molecule has 1 aromatic carbocycles. The third-order valence-electron chi connectivity index (χ3n) is 5.13. The second-order valence-corrected chi connectivity index (χ2v) is 9.38. The summed E-state index contributed by atoms with van der Waals surface area (Å²) in [4.78, 5) is 25.2. The van der Waals surface area contributed by atoms with Crippen LogP contribution >= 0.6 is 11.6 Å². The molecule has 2 aliphatic heterocycles. The van der Waals surface area contributed by atoms with Crippen LogP contribution < -0.4 is 10.1 Å². The van der Waals surface area contributed by atoms with E-state index in [4.69, 9.17) is 25.5 Å². The molecule has 1 N–H and O–H groups in total. The van der Waals surface area contributed by atoms with Gasteiger partial charge in [-0.1, -0.05) is 11.6 Å². The van der Waals surface area contributed by atoms with Crippen LogP contribution in [0, 0.1) is 0 Å². The number of anilines is 1. The highest BCUT2D eigenvalue weighted by atomic mass is 35.5. The zero-order chi connectivity index (χ0) is 22.2. The molecule has 3 heterocycles. The molecule has 1 amide bonds. The van der Waals surface area contributed by atoms with E-state index in [1.54, 1.807) is 6.07 Å². The van der Waals surface area contributed by atoms with Gasteiger partial charge in [0.1, 0.15) is 10.6 Å². The average molecular weight is 470 g/mol. The summed E-state index contributed by atoms with van der Waals surface area (Å²) in [6.45, 7) is 1.66. The molecule has 166 valence electrons. The number of carbonyl (C=O) groups is 2. The Labute approximate surface area is 183 Å². The summed E-state index contributed by atoms with van der Waals surface area (Å²) in [7, 11) is -2.58. The summed E-state index contributed by atoms with van der Waals surface area (Å²) >= 11 is 6.22. The molecule has 1 fully saturated rings. The molecule has 31 heavy (non-hydrogen) atoms. The zero-order valence-electron chi connectivity index (χ0n) is 16.6. The smallest absolute Gasteiger partial charge is 0.374 e. The molecule has 1 saturated heterocycles. The van der Waals surface area contributed by atoms with Crippen molar-refractivity contribution >= 4 is 39.2 Å². The zero-order valence-corrected chi connectivity index (χ0v) is 18.2. The number of benzene rings is 1. The molecule has 0 atom stereocenters. The highest BCUT2D eigenvalue weighted by Crippen LogP contribution is 2.37. The van der Waals surface area contributed by atoms with Crippen LogP contribution in [0.3, 0.4) is 0 Å². The lowest BCUT2D eigenvalue weighted by atomic mass is 10.2. The second kappa shape index (κ2) is 8.50. The molecule has 2 aliphatic rings. The number of halogens is 1. The van der Waals surface area contributed by atoms with Crippen molar-refractivity contribution in [2.24, 2.45) is 0 Å². The van der Waals surface area contributed by atoms with E-state index in [1.165, 1.54) is 29.8 Å². The Morgan fingerprint density at radius 2 is 2.00 bits per heavy atom. The lowest BCUT2D eigenvalue weighted by molar-refractivity contribution is -0.118. The Bertz CT molecular complexity index is 1120. The van der Waals surface area contributed by atoms with Gasteiger partial charge in [-0.3, -0.25) is 9.69 Å². The van der Waals surface area contributed by atoms with Crippen LogP contribution in [-0.4, -0.2) is 69.4 Å². The average Bonchev–Trinajstić information content (AvgIpc) is 3.21. The molecule has 0 aliphatic carbocycles.